The fourth-order valence-electron chi connectivity index (χ4n) is 4.94. The Kier molecular flexibility index (Phi) is 17.6. The number of hydrogen-bond acceptors (Lipinski definition) is 10. The molecular formula is C34H49N7O8S. The molecule has 0 aliphatic carbocycles. The van der Waals surface area contributed by atoms with Gasteiger partial charge in [0.15, 0.2) is 9.84 Å². The van der Waals surface area contributed by atoms with Crippen LogP contribution in [0.5, 0.6) is 5.75 Å². The van der Waals surface area contributed by atoms with Crippen LogP contribution < -0.4 is 38.5 Å². The summed E-state index contributed by atoms with van der Waals surface area (Å²) < 4.78 is 25.6. The van der Waals surface area contributed by atoms with Gasteiger partial charge in [-0.2, -0.15) is 0 Å². The lowest BCUT2D eigenvalue weighted by Gasteiger charge is -2.26. The van der Waals surface area contributed by atoms with E-state index >= 15 is 0 Å². The van der Waals surface area contributed by atoms with Crippen molar-refractivity contribution < 1.29 is 37.5 Å². The summed E-state index contributed by atoms with van der Waals surface area (Å²) in [4.78, 5) is 64.5. The quantitative estimate of drug-likeness (QED) is 0.0757. The molecule has 274 valence electrons. The number of nitrogens with two attached hydrogens (primary N) is 3. The predicted molar refractivity (Wildman–Crippen MR) is 188 cm³/mol. The van der Waals surface area contributed by atoms with Crippen LogP contribution in [0.15, 0.2) is 71.0 Å². The monoisotopic (exact) mass is 715 g/mol. The first-order valence-electron chi connectivity index (χ1n) is 16.4. The average molecular weight is 716 g/mol. The fourth-order valence-corrected chi connectivity index (χ4v) is 6.03. The number of primary amides is 1. The molecule has 0 heterocycles. The molecule has 0 radical (unpaired) electrons. The summed E-state index contributed by atoms with van der Waals surface area (Å²) in [5, 5.41) is 21.1. The molecule has 5 amide bonds. The molecule has 16 heteroatoms. The highest BCUT2D eigenvalue weighted by Crippen LogP contribution is 2.14. The summed E-state index contributed by atoms with van der Waals surface area (Å²) in [5.74, 6) is -3.27. The van der Waals surface area contributed by atoms with E-state index in [0.717, 1.165) is 11.5 Å². The Balaban J connectivity index is 2.29. The van der Waals surface area contributed by atoms with Crippen LogP contribution in [0, 0.1) is 0 Å². The van der Waals surface area contributed by atoms with E-state index in [1.54, 1.807) is 30.3 Å². The zero-order valence-electron chi connectivity index (χ0n) is 28.2. The smallest absolute Gasteiger partial charge is 0.243 e. The second-order valence-electron chi connectivity index (χ2n) is 11.8. The van der Waals surface area contributed by atoms with Gasteiger partial charge in [0.05, 0.1) is 17.4 Å². The molecule has 50 heavy (non-hydrogen) atoms. The highest BCUT2D eigenvalue weighted by atomic mass is 32.2. The molecule has 0 aliphatic heterocycles. The number of benzene rings is 2. The summed E-state index contributed by atoms with van der Waals surface area (Å²) in [6, 6.07) is 9.22. The van der Waals surface area contributed by atoms with Gasteiger partial charge in [0.2, 0.25) is 29.5 Å². The normalized spacial score (nSPS) is 13.8. The number of carbonyl (C=O) groups is 5. The third kappa shape index (κ3) is 15.2. The lowest BCUT2D eigenvalue weighted by atomic mass is 10.0. The minimum absolute atomic E-state index is 0.0128. The molecule has 0 saturated carbocycles. The van der Waals surface area contributed by atoms with Crippen molar-refractivity contribution in [1.29, 1.82) is 0 Å². The molecule has 2 rings (SSSR count). The Morgan fingerprint density at radius 1 is 0.740 bits per heavy atom. The number of nitrogens with one attached hydrogen (secondary N) is 4. The second kappa shape index (κ2) is 21.3. The molecule has 2 aromatic carbocycles. The van der Waals surface area contributed by atoms with Gasteiger partial charge in [0, 0.05) is 18.8 Å². The molecule has 0 fully saturated rings. The molecule has 4 atom stereocenters. The van der Waals surface area contributed by atoms with Crippen LogP contribution in [0.4, 0.5) is 0 Å². The maximum absolute atomic E-state index is 13.7. The average Bonchev–Trinajstić information content (AvgIpc) is 3.07. The third-order valence-electron chi connectivity index (χ3n) is 7.54. The van der Waals surface area contributed by atoms with Gasteiger partial charge in [0.25, 0.3) is 0 Å². The number of phenols is 1. The number of sulfone groups is 1. The van der Waals surface area contributed by atoms with Crippen molar-refractivity contribution in [3.05, 3.63) is 71.6 Å². The third-order valence-corrected chi connectivity index (χ3v) is 8.99. The van der Waals surface area contributed by atoms with E-state index in [1.165, 1.54) is 31.2 Å². The highest BCUT2D eigenvalue weighted by molar-refractivity contribution is 7.94. The van der Waals surface area contributed by atoms with Crippen LogP contribution >= 0.6 is 0 Å². The van der Waals surface area contributed by atoms with Crippen LogP contribution in [0.1, 0.15) is 57.4 Å². The molecule has 0 spiro atoms. The SMILES string of the molecule is CC(=O)N[C@@H](Cc1ccc(O)cc1)C(=O)N[C@@H](CCCCN)C(=O)N[C@@H](CCCCN)C(=O)N[C@H](/C=C/S(=O)(=O)c1ccccc1)CC(N)=O. The van der Waals surface area contributed by atoms with E-state index in [1.807, 2.05) is 0 Å². The van der Waals surface area contributed by atoms with Crippen molar-refractivity contribution in [2.45, 2.75) is 87.4 Å². The molecule has 0 aliphatic rings. The standard InChI is InChI=1S/C34H49N7O8S/c1-23(42)38-30(21-24-13-15-26(43)16-14-24)34(47)41-29(12-6-8-19-36)33(46)40-28(11-5-7-18-35)32(45)39-25(22-31(37)44)17-20-50(48,49)27-9-3-2-4-10-27/h2-4,9-10,13-17,20,25,28-30,43H,5-8,11-12,18-19,21-22,35-36H2,1H3,(H2,37,44)(H,38,42)(H,39,45)(H,40,46)(H,41,47)/b20-17+/t25-,28+,29+,30+/m1/s1. The Morgan fingerprint density at radius 3 is 1.76 bits per heavy atom. The topological polar surface area (TPSA) is 266 Å². The summed E-state index contributed by atoms with van der Waals surface area (Å²) >= 11 is 0. The minimum atomic E-state index is -3.91. The van der Waals surface area contributed by atoms with E-state index in [2.05, 4.69) is 21.3 Å². The summed E-state index contributed by atoms with van der Waals surface area (Å²) in [6.07, 6.45) is 3.10. The van der Waals surface area contributed by atoms with E-state index in [-0.39, 0.29) is 29.9 Å². The summed E-state index contributed by atoms with van der Waals surface area (Å²) in [5.41, 5.74) is 17.3. The molecule has 0 bridgehead atoms. The van der Waals surface area contributed by atoms with Crippen molar-refractivity contribution in [3.8, 4) is 5.75 Å². The lowest BCUT2D eigenvalue weighted by molar-refractivity contribution is -0.134. The van der Waals surface area contributed by atoms with E-state index in [4.69, 9.17) is 17.2 Å². The molecule has 15 nitrogen and oxygen atoms in total. The van der Waals surface area contributed by atoms with Crippen LogP contribution in [0.3, 0.4) is 0 Å². The first kappa shape index (κ1) is 41.4. The first-order chi connectivity index (χ1) is 23.7. The number of aromatic hydroxyl groups is 1. The number of unbranched alkanes of at least 4 members (excludes halogenated alkanes) is 2. The first-order valence-corrected chi connectivity index (χ1v) is 17.9. The van der Waals surface area contributed by atoms with Crippen molar-refractivity contribution in [1.82, 2.24) is 21.3 Å². The Morgan fingerprint density at radius 2 is 1.26 bits per heavy atom. The summed E-state index contributed by atoms with van der Waals surface area (Å²) in [6.45, 7) is 1.93. The molecule has 0 unspecified atom stereocenters. The predicted octanol–water partition coefficient (Wildman–Crippen LogP) is 0.0148. The van der Waals surface area contributed by atoms with Crippen molar-refractivity contribution in [3.63, 3.8) is 0 Å². The Bertz CT molecular complexity index is 1550. The van der Waals surface area contributed by atoms with Crippen LogP contribution in [0.2, 0.25) is 0 Å². The van der Waals surface area contributed by atoms with E-state index in [0.29, 0.717) is 44.3 Å². The minimum Gasteiger partial charge on any atom is -0.508 e. The molecule has 0 saturated heterocycles. The van der Waals surface area contributed by atoms with Crippen molar-refractivity contribution in [2.24, 2.45) is 17.2 Å². The zero-order chi connectivity index (χ0) is 37.1. The van der Waals surface area contributed by atoms with Crippen LogP contribution in [0.25, 0.3) is 0 Å². The Labute approximate surface area is 292 Å². The highest BCUT2D eigenvalue weighted by Gasteiger charge is 2.30. The van der Waals surface area contributed by atoms with Gasteiger partial charge in [-0.25, -0.2) is 8.42 Å². The van der Waals surface area contributed by atoms with Gasteiger partial charge in [0.1, 0.15) is 23.9 Å². The summed E-state index contributed by atoms with van der Waals surface area (Å²) in [7, 11) is -3.91. The van der Waals surface area contributed by atoms with Gasteiger partial charge < -0.3 is 43.6 Å². The van der Waals surface area contributed by atoms with Crippen LogP contribution in [-0.2, 0) is 40.2 Å². The number of carbonyl (C=O) groups excluding carboxylic acids is 5. The number of hydrogen-bond donors (Lipinski definition) is 8. The van der Waals surface area contributed by atoms with E-state index < -0.39 is 70.0 Å². The number of rotatable bonds is 22. The molecular weight excluding hydrogens is 666 g/mol. The molecule has 11 N–H and O–H groups in total. The molecule has 0 aromatic heterocycles. The van der Waals surface area contributed by atoms with Gasteiger partial charge in [-0.15, -0.1) is 0 Å². The fraction of sp³-hybridized carbons (Fsp3) is 0.441. The number of phenolic OH excluding ortho intramolecular Hbond substituents is 1. The molecule has 2 aromatic rings. The lowest BCUT2D eigenvalue weighted by Crippen LogP contribution is -2.57. The largest absolute Gasteiger partial charge is 0.508 e. The van der Waals surface area contributed by atoms with Crippen molar-refractivity contribution in [2.75, 3.05) is 13.1 Å². The maximum atomic E-state index is 13.7. The van der Waals surface area contributed by atoms with Gasteiger partial charge in [-0.1, -0.05) is 36.4 Å². The van der Waals surface area contributed by atoms with Gasteiger partial charge in [-0.05, 0) is 81.4 Å². The number of amides is 5. The Hall–Kier alpha value is -4.80. The maximum Gasteiger partial charge on any atom is 0.243 e. The zero-order valence-corrected chi connectivity index (χ0v) is 29.0. The van der Waals surface area contributed by atoms with Crippen LogP contribution in [-0.4, -0.2) is 80.3 Å². The van der Waals surface area contributed by atoms with Crippen molar-refractivity contribution >= 4 is 39.4 Å². The van der Waals surface area contributed by atoms with Gasteiger partial charge in [-0.3, -0.25) is 24.0 Å². The second-order valence-corrected chi connectivity index (χ2v) is 13.6. The van der Waals surface area contributed by atoms with Gasteiger partial charge >= 0.3 is 0 Å². The van der Waals surface area contributed by atoms with E-state index in [9.17, 15) is 37.5 Å².